The summed E-state index contributed by atoms with van der Waals surface area (Å²) in [6.07, 6.45) is 4.81. The SMILES string of the molecule is COc1ccc(-c2cnsc2-c2cc(C)c(C)c(OC)c2)cc1CC(=O)C(N)CCSC. The summed E-state index contributed by atoms with van der Waals surface area (Å²) in [6.45, 7) is 4.14. The van der Waals surface area contributed by atoms with Crippen LogP contribution in [0.15, 0.2) is 36.5 Å². The van der Waals surface area contributed by atoms with Crippen molar-refractivity contribution in [3.05, 3.63) is 53.2 Å². The number of hydrogen-bond acceptors (Lipinski definition) is 7. The third-order valence-electron chi connectivity index (χ3n) is 5.67. The molecule has 0 fully saturated rings. The van der Waals surface area contributed by atoms with Crippen molar-refractivity contribution in [1.82, 2.24) is 4.37 Å². The molecule has 0 aliphatic heterocycles. The molecule has 0 aliphatic rings. The van der Waals surface area contributed by atoms with Gasteiger partial charge in [-0.15, -0.1) is 0 Å². The summed E-state index contributed by atoms with van der Waals surface area (Å²) < 4.78 is 15.6. The van der Waals surface area contributed by atoms with Crippen LogP contribution in [-0.2, 0) is 11.2 Å². The maximum atomic E-state index is 12.7. The molecule has 0 radical (unpaired) electrons. The first-order valence-electron chi connectivity index (χ1n) is 10.4. The van der Waals surface area contributed by atoms with Crippen molar-refractivity contribution in [2.45, 2.75) is 32.7 Å². The van der Waals surface area contributed by atoms with Gasteiger partial charge >= 0.3 is 0 Å². The van der Waals surface area contributed by atoms with Crippen LogP contribution in [0.1, 0.15) is 23.1 Å². The predicted octanol–water partition coefficient (Wildman–Crippen LogP) is 5.30. The number of nitrogens with two attached hydrogens (primary N) is 1. The van der Waals surface area contributed by atoms with E-state index in [-0.39, 0.29) is 12.2 Å². The molecule has 5 nitrogen and oxygen atoms in total. The van der Waals surface area contributed by atoms with Crippen LogP contribution < -0.4 is 15.2 Å². The molecule has 1 aromatic heterocycles. The summed E-state index contributed by atoms with van der Waals surface area (Å²) in [7, 11) is 3.31. The zero-order valence-electron chi connectivity index (χ0n) is 19.2. The zero-order chi connectivity index (χ0) is 23.3. The van der Waals surface area contributed by atoms with E-state index in [4.69, 9.17) is 15.2 Å². The molecule has 0 spiro atoms. The number of rotatable bonds is 10. The summed E-state index contributed by atoms with van der Waals surface area (Å²) in [6, 6.07) is 9.69. The predicted molar refractivity (Wildman–Crippen MR) is 135 cm³/mol. The highest BCUT2D eigenvalue weighted by Gasteiger charge is 2.19. The minimum Gasteiger partial charge on any atom is -0.496 e. The molecule has 0 saturated heterocycles. The van der Waals surface area contributed by atoms with Gasteiger partial charge in [0.15, 0.2) is 5.78 Å². The van der Waals surface area contributed by atoms with Crippen LogP contribution in [0.2, 0.25) is 0 Å². The lowest BCUT2D eigenvalue weighted by Gasteiger charge is -2.14. The lowest BCUT2D eigenvalue weighted by Crippen LogP contribution is -2.32. The summed E-state index contributed by atoms with van der Waals surface area (Å²) in [5.74, 6) is 2.45. The van der Waals surface area contributed by atoms with Crippen molar-refractivity contribution in [3.63, 3.8) is 0 Å². The first-order valence-corrected chi connectivity index (χ1v) is 12.6. The van der Waals surface area contributed by atoms with Gasteiger partial charge in [-0.05, 0) is 84.3 Å². The lowest BCUT2D eigenvalue weighted by molar-refractivity contribution is -0.119. The molecule has 1 atom stereocenters. The third kappa shape index (κ3) is 5.34. The Hall–Kier alpha value is -2.35. The minimum atomic E-state index is -0.461. The van der Waals surface area contributed by atoms with Gasteiger partial charge in [0.1, 0.15) is 11.5 Å². The van der Waals surface area contributed by atoms with E-state index >= 15 is 0 Å². The van der Waals surface area contributed by atoms with Crippen molar-refractivity contribution in [2.24, 2.45) is 5.73 Å². The average molecular weight is 471 g/mol. The van der Waals surface area contributed by atoms with Crippen LogP contribution in [0, 0.1) is 13.8 Å². The number of methoxy groups -OCH3 is 2. The summed E-state index contributed by atoms with van der Waals surface area (Å²) in [5, 5.41) is 0. The second kappa shape index (κ2) is 11.0. The number of hydrogen-bond donors (Lipinski definition) is 1. The molecule has 0 amide bonds. The van der Waals surface area contributed by atoms with E-state index in [1.807, 2.05) is 30.7 Å². The van der Waals surface area contributed by atoms with Crippen LogP contribution in [0.3, 0.4) is 0 Å². The maximum Gasteiger partial charge on any atom is 0.154 e. The first kappa shape index (κ1) is 24.3. The van der Waals surface area contributed by atoms with Crippen molar-refractivity contribution < 1.29 is 14.3 Å². The van der Waals surface area contributed by atoms with Gasteiger partial charge in [-0.3, -0.25) is 4.79 Å². The molecular formula is C25H30N2O3S2. The van der Waals surface area contributed by atoms with Gasteiger partial charge in [-0.1, -0.05) is 12.1 Å². The van der Waals surface area contributed by atoms with Gasteiger partial charge in [-0.25, -0.2) is 0 Å². The number of thioether (sulfide) groups is 1. The Balaban J connectivity index is 1.97. The van der Waals surface area contributed by atoms with Crippen LogP contribution >= 0.6 is 23.3 Å². The molecule has 0 bridgehead atoms. The quantitative estimate of drug-likeness (QED) is 0.433. The minimum absolute atomic E-state index is 0.0251. The highest BCUT2D eigenvalue weighted by atomic mass is 32.2. The first-order chi connectivity index (χ1) is 15.4. The molecule has 1 unspecified atom stereocenters. The Kier molecular flexibility index (Phi) is 8.34. The topological polar surface area (TPSA) is 74.4 Å². The van der Waals surface area contributed by atoms with E-state index < -0.39 is 6.04 Å². The van der Waals surface area contributed by atoms with Crippen LogP contribution in [0.5, 0.6) is 11.5 Å². The van der Waals surface area contributed by atoms with E-state index in [1.54, 1.807) is 26.0 Å². The van der Waals surface area contributed by atoms with Crippen molar-refractivity contribution in [2.75, 3.05) is 26.2 Å². The number of ether oxygens (including phenoxy) is 2. The van der Waals surface area contributed by atoms with Gasteiger partial charge in [0.2, 0.25) is 0 Å². The lowest BCUT2D eigenvalue weighted by atomic mass is 9.96. The molecule has 2 N–H and O–H groups in total. The second-order valence-electron chi connectivity index (χ2n) is 7.75. The molecular weight excluding hydrogens is 440 g/mol. The fourth-order valence-corrected chi connectivity index (χ4v) is 4.88. The Morgan fingerprint density at radius 1 is 1.12 bits per heavy atom. The van der Waals surface area contributed by atoms with Gasteiger partial charge in [-0.2, -0.15) is 16.1 Å². The number of nitrogens with zero attached hydrogens (tertiary/aromatic N) is 1. The molecule has 1 heterocycles. The number of aromatic nitrogens is 1. The largest absolute Gasteiger partial charge is 0.496 e. The number of ketones is 1. The van der Waals surface area contributed by atoms with Gasteiger partial charge < -0.3 is 15.2 Å². The normalized spacial score (nSPS) is 11.9. The van der Waals surface area contributed by atoms with E-state index in [1.165, 1.54) is 17.1 Å². The van der Waals surface area contributed by atoms with Crippen LogP contribution in [-0.4, -0.2) is 42.4 Å². The zero-order valence-corrected chi connectivity index (χ0v) is 20.9. The molecule has 3 aromatic rings. The molecule has 7 heteroatoms. The average Bonchev–Trinajstić information content (AvgIpc) is 3.29. The molecule has 0 aliphatic carbocycles. The molecule has 3 rings (SSSR count). The van der Waals surface area contributed by atoms with Crippen molar-refractivity contribution in [1.29, 1.82) is 0 Å². The Labute approximate surface area is 198 Å². The smallest absolute Gasteiger partial charge is 0.154 e. The van der Waals surface area contributed by atoms with Crippen molar-refractivity contribution in [3.8, 4) is 33.1 Å². The van der Waals surface area contributed by atoms with Crippen LogP contribution in [0.4, 0.5) is 0 Å². The van der Waals surface area contributed by atoms with E-state index in [0.29, 0.717) is 12.2 Å². The second-order valence-corrected chi connectivity index (χ2v) is 9.53. The number of aryl methyl sites for hydroxylation is 1. The number of carbonyl (C=O) groups is 1. The number of benzene rings is 2. The maximum absolute atomic E-state index is 12.7. The van der Waals surface area contributed by atoms with Gasteiger partial charge in [0, 0.05) is 23.7 Å². The molecule has 170 valence electrons. The van der Waals surface area contributed by atoms with Crippen LogP contribution in [0.25, 0.3) is 21.6 Å². The third-order valence-corrected chi connectivity index (χ3v) is 7.17. The summed E-state index contributed by atoms with van der Waals surface area (Å²) in [5.41, 5.74) is 12.3. The summed E-state index contributed by atoms with van der Waals surface area (Å²) >= 11 is 3.14. The van der Waals surface area contributed by atoms with Gasteiger partial charge in [0.25, 0.3) is 0 Å². The van der Waals surface area contributed by atoms with Gasteiger partial charge in [0.05, 0.1) is 25.1 Å². The Morgan fingerprint density at radius 3 is 2.56 bits per heavy atom. The number of Topliss-reactive ketones (excluding diaryl/α,β-unsaturated/α-hetero) is 1. The fraction of sp³-hybridized carbons (Fsp3) is 0.360. The van der Waals surface area contributed by atoms with E-state index in [0.717, 1.165) is 44.2 Å². The monoisotopic (exact) mass is 470 g/mol. The van der Waals surface area contributed by atoms with E-state index in [9.17, 15) is 4.79 Å². The highest BCUT2D eigenvalue weighted by molar-refractivity contribution is 7.98. The standard InChI is InChI=1S/C25H30N2O3S2/c1-15-10-19(13-24(30-4)16(15)2)25-20(14-27-32-25)17-6-7-23(29-3)18(11-17)12-22(28)21(26)8-9-31-5/h6-7,10-11,13-14,21H,8-9,12,26H2,1-5H3. The van der Waals surface area contributed by atoms with E-state index in [2.05, 4.69) is 30.4 Å². The number of carbonyl (C=O) groups excluding carboxylic acids is 1. The molecule has 2 aromatic carbocycles. The van der Waals surface area contributed by atoms with Crippen molar-refractivity contribution >= 4 is 29.1 Å². The Morgan fingerprint density at radius 2 is 1.88 bits per heavy atom. The Bertz CT molecular complexity index is 1090. The molecule has 32 heavy (non-hydrogen) atoms. The summed E-state index contributed by atoms with van der Waals surface area (Å²) in [4.78, 5) is 13.8. The fourth-order valence-electron chi connectivity index (χ4n) is 3.63. The highest BCUT2D eigenvalue weighted by Crippen LogP contribution is 2.39. The molecule has 0 saturated carbocycles.